The molecule has 0 saturated carbocycles. The molecule has 1 saturated heterocycles. The monoisotopic (exact) mass is 252 g/mol. The quantitative estimate of drug-likeness (QED) is 0.867. The van der Waals surface area contributed by atoms with E-state index < -0.39 is 0 Å². The predicted octanol–water partition coefficient (Wildman–Crippen LogP) is 2.96. The number of nitrogens with one attached hydrogen (secondary N) is 1. The predicted molar refractivity (Wildman–Crippen MR) is 75.5 cm³/mol. The van der Waals surface area contributed by atoms with Crippen LogP contribution in [0.2, 0.25) is 0 Å². The van der Waals surface area contributed by atoms with E-state index in [0.29, 0.717) is 6.04 Å². The summed E-state index contributed by atoms with van der Waals surface area (Å²) in [7, 11) is 0. The lowest BCUT2D eigenvalue weighted by molar-refractivity contribution is 0.174. The van der Waals surface area contributed by atoms with Crippen molar-refractivity contribution in [3.63, 3.8) is 0 Å². The van der Waals surface area contributed by atoms with Crippen LogP contribution in [-0.2, 0) is 6.54 Å². The molecule has 0 spiro atoms. The Labute approximate surface area is 109 Å². The topological polar surface area (TPSA) is 15.3 Å². The van der Waals surface area contributed by atoms with Crippen molar-refractivity contribution >= 4 is 11.3 Å². The summed E-state index contributed by atoms with van der Waals surface area (Å²) < 4.78 is 0. The summed E-state index contributed by atoms with van der Waals surface area (Å²) in [6.45, 7) is 9.33. The molecule has 0 aliphatic carbocycles. The minimum absolute atomic E-state index is 0.624. The Kier molecular flexibility index (Phi) is 5.01. The third-order valence-electron chi connectivity index (χ3n) is 3.51. The number of nitrogens with zero attached hydrogens (tertiary/aromatic N) is 1. The zero-order chi connectivity index (χ0) is 12.1. The van der Waals surface area contributed by atoms with Gasteiger partial charge in [0.1, 0.15) is 0 Å². The van der Waals surface area contributed by atoms with Gasteiger partial charge in [-0.3, -0.25) is 4.90 Å². The fourth-order valence-electron chi connectivity index (χ4n) is 2.39. The van der Waals surface area contributed by atoms with E-state index in [1.165, 1.54) is 38.0 Å². The van der Waals surface area contributed by atoms with Crippen LogP contribution in [0.3, 0.4) is 0 Å². The Morgan fingerprint density at radius 2 is 2.18 bits per heavy atom. The minimum atomic E-state index is 0.624. The smallest absolute Gasteiger partial charge is 0.0241 e. The van der Waals surface area contributed by atoms with Gasteiger partial charge >= 0.3 is 0 Å². The molecule has 1 fully saturated rings. The van der Waals surface area contributed by atoms with E-state index in [2.05, 4.69) is 40.9 Å². The summed E-state index contributed by atoms with van der Waals surface area (Å²) in [4.78, 5) is 2.59. The molecule has 2 rings (SSSR count). The number of hydrogen-bond acceptors (Lipinski definition) is 3. The number of thiophene rings is 1. The summed E-state index contributed by atoms with van der Waals surface area (Å²) in [6.07, 6.45) is 2.70. The standard InChI is InChI=1S/C14H24N2S/c1-12(2)15-9-13-3-6-16(7-4-13)10-14-5-8-17-11-14/h5,8,11-13,15H,3-4,6-7,9-10H2,1-2H3. The first-order chi connectivity index (χ1) is 8.24. The highest BCUT2D eigenvalue weighted by Gasteiger charge is 2.19. The second-order valence-corrected chi connectivity index (χ2v) is 6.19. The number of likely N-dealkylation sites (tertiary alicyclic amines) is 1. The van der Waals surface area contributed by atoms with Gasteiger partial charge in [0, 0.05) is 12.6 Å². The Bertz CT molecular complexity index is 300. The second-order valence-electron chi connectivity index (χ2n) is 5.41. The van der Waals surface area contributed by atoms with Crippen molar-refractivity contribution < 1.29 is 0 Å². The Balaban J connectivity index is 1.67. The average molecular weight is 252 g/mol. The highest BCUT2D eigenvalue weighted by molar-refractivity contribution is 7.07. The van der Waals surface area contributed by atoms with E-state index in [-0.39, 0.29) is 0 Å². The van der Waals surface area contributed by atoms with E-state index in [4.69, 9.17) is 0 Å². The highest BCUT2D eigenvalue weighted by Crippen LogP contribution is 2.19. The molecule has 0 bridgehead atoms. The average Bonchev–Trinajstić information content (AvgIpc) is 2.81. The summed E-state index contributed by atoms with van der Waals surface area (Å²) in [5.74, 6) is 0.885. The van der Waals surface area contributed by atoms with Gasteiger partial charge in [-0.05, 0) is 60.8 Å². The lowest BCUT2D eigenvalue weighted by Crippen LogP contribution is -2.38. The molecule has 1 aromatic rings. The third-order valence-corrected chi connectivity index (χ3v) is 4.24. The Morgan fingerprint density at radius 3 is 2.76 bits per heavy atom. The molecular formula is C14H24N2S. The van der Waals surface area contributed by atoms with Gasteiger partial charge in [0.2, 0.25) is 0 Å². The van der Waals surface area contributed by atoms with Crippen LogP contribution in [0.1, 0.15) is 32.3 Å². The van der Waals surface area contributed by atoms with Crippen molar-refractivity contribution in [2.45, 2.75) is 39.3 Å². The molecule has 0 radical (unpaired) electrons. The lowest BCUT2D eigenvalue weighted by atomic mass is 9.96. The maximum Gasteiger partial charge on any atom is 0.0241 e. The van der Waals surface area contributed by atoms with Crippen LogP contribution in [0.4, 0.5) is 0 Å². The van der Waals surface area contributed by atoms with Gasteiger partial charge in [0.25, 0.3) is 0 Å². The minimum Gasteiger partial charge on any atom is -0.314 e. The second kappa shape index (κ2) is 6.53. The molecule has 96 valence electrons. The molecule has 2 heterocycles. The van der Waals surface area contributed by atoms with E-state index >= 15 is 0 Å². The summed E-state index contributed by atoms with van der Waals surface area (Å²) >= 11 is 1.80. The molecule has 1 aliphatic rings. The first-order valence-electron chi connectivity index (χ1n) is 6.71. The molecule has 1 aliphatic heterocycles. The van der Waals surface area contributed by atoms with E-state index in [1.54, 1.807) is 11.3 Å². The Morgan fingerprint density at radius 1 is 1.41 bits per heavy atom. The van der Waals surface area contributed by atoms with Crippen molar-refractivity contribution in [2.24, 2.45) is 5.92 Å². The van der Waals surface area contributed by atoms with Crippen LogP contribution in [0.5, 0.6) is 0 Å². The Hall–Kier alpha value is -0.380. The number of rotatable bonds is 5. The molecule has 17 heavy (non-hydrogen) atoms. The van der Waals surface area contributed by atoms with Gasteiger partial charge in [0.15, 0.2) is 0 Å². The molecule has 3 heteroatoms. The molecule has 0 amide bonds. The molecule has 0 unspecified atom stereocenters. The maximum atomic E-state index is 3.56. The van der Waals surface area contributed by atoms with E-state index in [0.717, 1.165) is 12.5 Å². The van der Waals surface area contributed by atoms with Crippen molar-refractivity contribution in [3.05, 3.63) is 22.4 Å². The number of piperidine rings is 1. The molecule has 1 N–H and O–H groups in total. The largest absolute Gasteiger partial charge is 0.314 e. The first-order valence-corrected chi connectivity index (χ1v) is 7.65. The van der Waals surface area contributed by atoms with Crippen molar-refractivity contribution in [1.29, 1.82) is 0 Å². The fraction of sp³-hybridized carbons (Fsp3) is 0.714. The van der Waals surface area contributed by atoms with Crippen LogP contribution in [0, 0.1) is 5.92 Å². The zero-order valence-electron chi connectivity index (χ0n) is 11.0. The lowest BCUT2D eigenvalue weighted by Gasteiger charge is -2.32. The summed E-state index contributed by atoms with van der Waals surface area (Å²) in [6, 6.07) is 2.87. The first kappa shape index (κ1) is 13.1. The highest BCUT2D eigenvalue weighted by atomic mass is 32.1. The van der Waals surface area contributed by atoms with Gasteiger partial charge in [-0.25, -0.2) is 0 Å². The zero-order valence-corrected chi connectivity index (χ0v) is 11.8. The number of hydrogen-bond donors (Lipinski definition) is 1. The van der Waals surface area contributed by atoms with Crippen LogP contribution >= 0.6 is 11.3 Å². The van der Waals surface area contributed by atoms with Gasteiger partial charge < -0.3 is 5.32 Å². The van der Waals surface area contributed by atoms with E-state index in [1.807, 2.05) is 0 Å². The van der Waals surface area contributed by atoms with E-state index in [9.17, 15) is 0 Å². The molecular weight excluding hydrogens is 228 g/mol. The van der Waals surface area contributed by atoms with Gasteiger partial charge in [0.05, 0.1) is 0 Å². The van der Waals surface area contributed by atoms with Crippen molar-refractivity contribution in [3.8, 4) is 0 Å². The van der Waals surface area contributed by atoms with Crippen LogP contribution in [0.15, 0.2) is 16.8 Å². The maximum absolute atomic E-state index is 3.56. The van der Waals surface area contributed by atoms with Crippen molar-refractivity contribution in [1.82, 2.24) is 10.2 Å². The van der Waals surface area contributed by atoms with Gasteiger partial charge in [-0.2, -0.15) is 11.3 Å². The molecule has 0 atom stereocenters. The third kappa shape index (κ3) is 4.41. The van der Waals surface area contributed by atoms with Gasteiger partial charge in [-0.1, -0.05) is 13.8 Å². The normalized spacial score (nSPS) is 19.0. The molecule has 1 aromatic heterocycles. The van der Waals surface area contributed by atoms with Gasteiger partial charge in [-0.15, -0.1) is 0 Å². The summed E-state index contributed by atoms with van der Waals surface area (Å²) in [5, 5.41) is 8.00. The molecule has 0 aromatic carbocycles. The van der Waals surface area contributed by atoms with Crippen LogP contribution < -0.4 is 5.32 Å². The fourth-order valence-corrected chi connectivity index (χ4v) is 3.05. The van der Waals surface area contributed by atoms with Crippen LogP contribution in [0.25, 0.3) is 0 Å². The van der Waals surface area contributed by atoms with Crippen LogP contribution in [-0.4, -0.2) is 30.6 Å². The molecule has 2 nitrogen and oxygen atoms in total. The summed E-state index contributed by atoms with van der Waals surface area (Å²) in [5.41, 5.74) is 1.48. The van der Waals surface area contributed by atoms with Crippen molar-refractivity contribution in [2.75, 3.05) is 19.6 Å². The SMILES string of the molecule is CC(C)NCC1CCN(Cc2ccsc2)CC1.